The van der Waals surface area contributed by atoms with Crippen LogP contribution >= 0.6 is 11.8 Å². The molecule has 9 nitrogen and oxygen atoms in total. The fourth-order valence-electron chi connectivity index (χ4n) is 3.40. The molecule has 1 unspecified atom stereocenters. The van der Waals surface area contributed by atoms with E-state index in [4.69, 9.17) is 4.74 Å². The molecular formula is C17H19N5O4S2. The lowest BCUT2D eigenvalue weighted by Gasteiger charge is -2.27. The third-order valence-electron chi connectivity index (χ3n) is 4.63. The fraction of sp³-hybridized carbons (Fsp3) is 0.412. The number of rotatable bonds is 5. The van der Waals surface area contributed by atoms with Crippen LogP contribution in [0.4, 0.5) is 0 Å². The number of hydrogen-bond acceptors (Lipinski definition) is 9. The summed E-state index contributed by atoms with van der Waals surface area (Å²) in [5, 5.41) is 0.831. The number of ether oxygens (including phenoxy) is 1. The first-order chi connectivity index (χ1) is 13.5. The maximum absolute atomic E-state index is 12.7. The fourth-order valence-corrected chi connectivity index (χ4v) is 5.45. The number of nitrogens with one attached hydrogen (secondary N) is 1. The lowest BCUT2D eigenvalue weighted by atomic mass is 10.1. The van der Waals surface area contributed by atoms with Gasteiger partial charge in [-0.1, -0.05) is 0 Å². The Kier molecular flexibility index (Phi) is 5.21. The first kappa shape index (κ1) is 19.1. The van der Waals surface area contributed by atoms with Gasteiger partial charge < -0.3 is 9.64 Å². The maximum Gasteiger partial charge on any atom is 0.337 e. The van der Waals surface area contributed by atoms with Crippen LogP contribution in [0.25, 0.3) is 0 Å². The Labute approximate surface area is 167 Å². The highest BCUT2D eigenvalue weighted by Gasteiger charge is 2.39. The van der Waals surface area contributed by atoms with Crippen LogP contribution in [0, 0.1) is 0 Å². The molecule has 0 aromatic carbocycles. The molecule has 1 aromatic heterocycles. The molecule has 1 aromatic rings. The Bertz CT molecular complexity index is 988. The Morgan fingerprint density at radius 3 is 2.93 bits per heavy atom. The number of hydrogen-bond donors (Lipinski definition) is 1. The van der Waals surface area contributed by atoms with Crippen molar-refractivity contribution >= 4 is 38.6 Å². The Morgan fingerprint density at radius 2 is 2.25 bits per heavy atom. The molecule has 0 aliphatic carbocycles. The number of carbonyl (C=O) groups is 1. The monoisotopic (exact) mass is 421 g/mol. The normalized spacial score (nSPS) is 22.0. The molecule has 4 rings (SSSR count). The highest BCUT2D eigenvalue weighted by molar-refractivity contribution is 8.16. The van der Waals surface area contributed by atoms with E-state index in [1.165, 1.54) is 25.6 Å². The Morgan fingerprint density at radius 1 is 1.39 bits per heavy atom. The minimum absolute atomic E-state index is 0.103. The number of sulfonamides is 1. The van der Waals surface area contributed by atoms with Crippen LogP contribution in [-0.2, 0) is 19.6 Å². The topological polar surface area (TPSA) is 113 Å². The number of pyridine rings is 1. The van der Waals surface area contributed by atoms with Crippen LogP contribution in [0.3, 0.4) is 0 Å². The van der Waals surface area contributed by atoms with E-state index in [0.717, 1.165) is 23.0 Å². The van der Waals surface area contributed by atoms with Crippen LogP contribution in [0.15, 0.2) is 50.7 Å². The number of carbonyl (C=O) groups excluding carboxylic acids is 1. The van der Waals surface area contributed by atoms with Crippen LogP contribution in [-0.4, -0.2) is 73.7 Å². The van der Waals surface area contributed by atoms with E-state index in [2.05, 4.69) is 19.7 Å². The number of amidine groups is 1. The average Bonchev–Trinajstić information content (AvgIpc) is 3.36. The molecule has 0 bridgehead atoms. The second kappa shape index (κ2) is 7.64. The molecule has 1 N–H and O–H groups in total. The van der Waals surface area contributed by atoms with Gasteiger partial charge in [0.1, 0.15) is 9.94 Å². The summed E-state index contributed by atoms with van der Waals surface area (Å²) in [4.78, 5) is 27.1. The number of nitrogens with zero attached hydrogens (tertiary/aromatic N) is 4. The number of thioether (sulfide) groups is 1. The second-order valence-electron chi connectivity index (χ2n) is 6.41. The van der Waals surface area contributed by atoms with Gasteiger partial charge in [-0.15, -0.1) is 11.8 Å². The van der Waals surface area contributed by atoms with E-state index < -0.39 is 22.0 Å². The van der Waals surface area contributed by atoms with Gasteiger partial charge in [0.2, 0.25) is 10.0 Å². The average molecular weight is 422 g/mol. The SMILES string of the molecule is COC(=O)C1=C2CC(NS(=O)(=O)c3cccnc3)CN2C(C2=NCCS2)=NC1. The quantitative estimate of drug-likeness (QED) is 0.686. The summed E-state index contributed by atoms with van der Waals surface area (Å²) < 4.78 is 32.9. The summed E-state index contributed by atoms with van der Waals surface area (Å²) in [5.41, 5.74) is 1.20. The van der Waals surface area contributed by atoms with E-state index >= 15 is 0 Å². The number of aromatic nitrogens is 1. The molecule has 0 saturated carbocycles. The molecule has 148 valence electrons. The second-order valence-corrected chi connectivity index (χ2v) is 9.21. The summed E-state index contributed by atoms with van der Waals surface area (Å²) in [6.45, 7) is 1.30. The molecule has 4 heterocycles. The van der Waals surface area contributed by atoms with Crippen molar-refractivity contribution in [3.05, 3.63) is 35.8 Å². The van der Waals surface area contributed by atoms with E-state index in [0.29, 0.717) is 24.4 Å². The van der Waals surface area contributed by atoms with E-state index in [9.17, 15) is 13.2 Å². The molecule has 3 aliphatic heterocycles. The van der Waals surface area contributed by atoms with Gasteiger partial charge in [0, 0.05) is 49.4 Å². The summed E-state index contributed by atoms with van der Waals surface area (Å²) in [6.07, 6.45) is 3.20. The zero-order valence-electron chi connectivity index (χ0n) is 15.2. The lowest BCUT2D eigenvalue weighted by molar-refractivity contribution is -0.136. The number of fused-ring (bicyclic) bond motifs is 1. The van der Waals surface area contributed by atoms with Gasteiger partial charge in [-0.05, 0) is 12.1 Å². The number of esters is 1. The molecule has 0 spiro atoms. The summed E-state index contributed by atoms with van der Waals surface area (Å²) in [7, 11) is -2.39. The molecule has 28 heavy (non-hydrogen) atoms. The molecule has 3 aliphatic rings. The zero-order valence-corrected chi connectivity index (χ0v) is 16.8. The van der Waals surface area contributed by atoms with Gasteiger partial charge in [-0.3, -0.25) is 15.0 Å². The smallest absolute Gasteiger partial charge is 0.337 e. The van der Waals surface area contributed by atoms with Gasteiger partial charge in [-0.2, -0.15) is 0 Å². The van der Waals surface area contributed by atoms with Crippen molar-refractivity contribution in [2.75, 3.05) is 32.5 Å². The van der Waals surface area contributed by atoms with Crippen molar-refractivity contribution in [1.82, 2.24) is 14.6 Å². The molecule has 1 atom stereocenters. The van der Waals surface area contributed by atoms with Crippen LogP contribution in [0.1, 0.15) is 6.42 Å². The van der Waals surface area contributed by atoms with Crippen LogP contribution in [0.2, 0.25) is 0 Å². The van der Waals surface area contributed by atoms with Gasteiger partial charge in [0.05, 0.1) is 19.2 Å². The maximum atomic E-state index is 12.7. The van der Waals surface area contributed by atoms with Crippen molar-refractivity contribution in [1.29, 1.82) is 0 Å². The Balaban J connectivity index is 1.62. The standard InChI is InChI=1S/C17H19N5O4S2/c1-26-17(23)13-9-20-15(16-19-5-6-27-16)22-10-11(7-14(13)22)21-28(24,25)12-3-2-4-18-8-12/h2-4,8,11,21H,5-7,9-10H2,1H3. The summed E-state index contributed by atoms with van der Waals surface area (Å²) >= 11 is 1.62. The molecular weight excluding hydrogens is 402 g/mol. The number of aliphatic imine (C=N–C) groups is 2. The van der Waals surface area contributed by atoms with Crippen molar-refractivity contribution in [3.8, 4) is 0 Å². The van der Waals surface area contributed by atoms with Crippen molar-refractivity contribution in [3.63, 3.8) is 0 Å². The number of methoxy groups -OCH3 is 1. The predicted octanol–water partition coefficient (Wildman–Crippen LogP) is 0.419. The van der Waals surface area contributed by atoms with Crippen molar-refractivity contribution in [2.45, 2.75) is 17.4 Å². The van der Waals surface area contributed by atoms with Gasteiger partial charge >= 0.3 is 5.97 Å². The van der Waals surface area contributed by atoms with E-state index in [1.54, 1.807) is 17.8 Å². The van der Waals surface area contributed by atoms with Gasteiger partial charge in [-0.25, -0.2) is 17.9 Å². The predicted molar refractivity (Wildman–Crippen MR) is 106 cm³/mol. The van der Waals surface area contributed by atoms with E-state index in [-0.39, 0.29) is 11.4 Å². The van der Waals surface area contributed by atoms with Gasteiger partial charge in [0.25, 0.3) is 0 Å². The zero-order chi connectivity index (χ0) is 19.7. The molecule has 11 heteroatoms. The van der Waals surface area contributed by atoms with Gasteiger partial charge in [0.15, 0.2) is 5.84 Å². The van der Waals surface area contributed by atoms with Crippen molar-refractivity contribution < 1.29 is 17.9 Å². The minimum Gasteiger partial charge on any atom is -0.466 e. The first-order valence-electron chi connectivity index (χ1n) is 8.72. The highest BCUT2D eigenvalue weighted by atomic mass is 32.2. The van der Waals surface area contributed by atoms with Crippen LogP contribution < -0.4 is 4.72 Å². The summed E-state index contributed by atoms with van der Waals surface area (Å²) in [6, 6.07) is 2.66. The summed E-state index contributed by atoms with van der Waals surface area (Å²) in [5.74, 6) is 1.15. The van der Waals surface area contributed by atoms with E-state index in [1.807, 2.05) is 4.90 Å². The third-order valence-corrected chi connectivity index (χ3v) is 7.11. The molecule has 0 amide bonds. The molecule has 1 fully saturated rings. The largest absolute Gasteiger partial charge is 0.466 e. The highest BCUT2D eigenvalue weighted by Crippen LogP contribution is 2.32. The first-order valence-corrected chi connectivity index (χ1v) is 11.2. The molecule has 0 radical (unpaired) electrons. The van der Waals surface area contributed by atoms with Crippen LogP contribution in [0.5, 0.6) is 0 Å². The molecule has 1 saturated heterocycles. The van der Waals surface area contributed by atoms with Crippen molar-refractivity contribution in [2.24, 2.45) is 9.98 Å². The Hall–Kier alpha value is -2.24. The minimum atomic E-state index is -3.72. The third kappa shape index (κ3) is 3.56. The lowest BCUT2D eigenvalue weighted by Crippen LogP contribution is -2.41.